The van der Waals surface area contributed by atoms with Crippen LogP contribution in [0.4, 0.5) is 4.79 Å². The number of hydrogen-bond donors (Lipinski definition) is 2. The van der Waals surface area contributed by atoms with Crippen LogP contribution in [-0.4, -0.2) is 24.5 Å². The highest BCUT2D eigenvalue weighted by Gasteiger charge is 2.00. The second kappa shape index (κ2) is 9.14. The predicted octanol–water partition coefficient (Wildman–Crippen LogP) is 3.17. The number of rotatable bonds is 6. The molecule has 0 saturated carbocycles. The van der Waals surface area contributed by atoms with Gasteiger partial charge in [0, 0.05) is 18.1 Å². The van der Waals surface area contributed by atoms with E-state index in [4.69, 9.17) is 23.2 Å². The largest absolute Gasteiger partial charge is 0.338 e. The molecule has 3 nitrogen and oxygen atoms in total. The summed E-state index contributed by atoms with van der Waals surface area (Å²) in [6.07, 6.45) is 5.14. The molecule has 0 aliphatic heterocycles. The zero-order valence-electron chi connectivity index (χ0n) is 10.1. The molecule has 2 N–H and O–H groups in total. The van der Waals surface area contributed by atoms with Crippen molar-refractivity contribution >= 4 is 29.2 Å². The molecule has 0 saturated heterocycles. The van der Waals surface area contributed by atoms with Crippen molar-refractivity contribution in [3.63, 3.8) is 0 Å². The Morgan fingerprint density at radius 1 is 1.41 bits per heavy atom. The zero-order valence-corrected chi connectivity index (χ0v) is 11.6. The van der Waals surface area contributed by atoms with Gasteiger partial charge < -0.3 is 10.6 Å². The van der Waals surface area contributed by atoms with Crippen molar-refractivity contribution < 1.29 is 4.79 Å². The molecule has 0 bridgehead atoms. The van der Waals surface area contributed by atoms with Gasteiger partial charge in [-0.05, 0) is 25.5 Å². The fraction of sp³-hybridized carbons (Fsp3) is 0.417. The molecule has 0 rings (SSSR count). The lowest BCUT2D eigenvalue weighted by Crippen LogP contribution is -2.36. The molecule has 5 heteroatoms. The molecular weight excluding hydrogens is 259 g/mol. The first-order chi connectivity index (χ1) is 8.01. The molecule has 0 aromatic carbocycles. The van der Waals surface area contributed by atoms with Gasteiger partial charge in [0.25, 0.3) is 0 Å². The van der Waals surface area contributed by atoms with E-state index < -0.39 is 0 Å². The third-order valence-electron chi connectivity index (χ3n) is 1.89. The minimum Gasteiger partial charge on any atom is -0.338 e. The number of carbonyl (C=O) groups excluding carboxylic acids is 1. The summed E-state index contributed by atoms with van der Waals surface area (Å²) < 4.78 is 0. The molecule has 1 unspecified atom stereocenters. The summed E-state index contributed by atoms with van der Waals surface area (Å²) in [6, 6.07) is -0.207. The molecule has 17 heavy (non-hydrogen) atoms. The SMILES string of the molecule is C=C/C(=C\C=C(\Cl)C(C)Cl)CNC(=O)NCC. The van der Waals surface area contributed by atoms with E-state index in [2.05, 4.69) is 17.2 Å². The minimum atomic E-state index is -0.227. The summed E-state index contributed by atoms with van der Waals surface area (Å²) in [5.74, 6) is 0. The molecule has 0 aromatic rings. The van der Waals surface area contributed by atoms with Crippen molar-refractivity contribution in [2.75, 3.05) is 13.1 Å². The number of allylic oxidation sites excluding steroid dienone is 3. The zero-order chi connectivity index (χ0) is 13.3. The van der Waals surface area contributed by atoms with Crippen molar-refractivity contribution in [1.29, 1.82) is 0 Å². The predicted molar refractivity (Wildman–Crippen MR) is 74.6 cm³/mol. The maximum absolute atomic E-state index is 11.2. The Bertz CT molecular complexity index is 322. The number of amides is 2. The van der Waals surface area contributed by atoms with Crippen LogP contribution in [0.2, 0.25) is 0 Å². The average Bonchev–Trinajstić information content (AvgIpc) is 2.29. The summed E-state index contributed by atoms with van der Waals surface area (Å²) in [5.41, 5.74) is 0.853. The van der Waals surface area contributed by atoms with Crippen LogP contribution in [0.25, 0.3) is 0 Å². The first-order valence-corrected chi connectivity index (χ1v) is 6.17. The Labute approximate surface area is 113 Å². The van der Waals surface area contributed by atoms with Crippen molar-refractivity contribution in [3.05, 3.63) is 35.4 Å². The third kappa shape index (κ3) is 7.88. The van der Waals surface area contributed by atoms with Crippen LogP contribution in [0.5, 0.6) is 0 Å². The van der Waals surface area contributed by atoms with Crippen molar-refractivity contribution in [1.82, 2.24) is 10.6 Å². The van der Waals surface area contributed by atoms with Crippen LogP contribution in [-0.2, 0) is 0 Å². The van der Waals surface area contributed by atoms with Crippen molar-refractivity contribution in [3.8, 4) is 0 Å². The first-order valence-electron chi connectivity index (χ1n) is 5.35. The summed E-state index contributed by atoms with van der Waals surface area (Å²) in [7, 11) is 0. The number of alkyl halides is 1. The quantitative estimate of drug-likeness (QED) is 0.568. The van der Waals surface area contributed by atoms with Crippen LogP contribution >= 0.6 is 23.2 Å². The lowest BCUT2D eigenvalue weighted by Gasteiger charge is -2.06. The van der Waals surface area contributed by atoms with Gasteiger partial charge in [-0.25, -0.2) is 4.79 Å². The highest BCUT2D eigenvalue weighted by Crippen LogP contribution is 2.13. The average molecular weight is 277 g/mol. The van der Waals surface area contributed by atoms with Crippen molar-refractivity contribution in [2.24, 2.45) is 0 Å². The second-order valence-electron chi connectivity index (χ2n) is 3.33. The minimum absolute atomic E-state index is 0.207. The van der Waals surface area contributed by atoms with E-state index in [1.54, 1.807) is 25.2 Å². The number of halogens is 2. The van der Waals surface area contributed by atoms with E-state index in [9.17, 15) is 4.79 Å². The normalized spacial score (nSPS) is 14.1. The lowest BCUT2D eigenvalue weighted by atomic mass is 10.2. The van der Waals surface area contributed by atoms with Gasteiger partial charge >= 0.3 is 6.03 Å². The molecule has 0 aliphatic carbocycles. The van der Waals surface area contributed by atoms with E-state index in [0.717, 1.165) is 5.57 Å². The van der Waals surface area contributed by atoms with Gasteiger partial charge in [-0.15, -0.1) is 11.6 Å². The van der Waals surface area contributed by atoms with Gasteiger partial charge in [0.1, 0.15) is 0 Å². The van der Waals surface area contributed by atoms with E-state index in [1.165, 1.54) is 0 Å². The van der Waals surface area contributed by atoms with Gasteiger partial charge in [0.05, 0.1) is 5.38 Å². The van der Waals surface area contributed by atoms with Crippen molar-refractivity contribution in [2.45, 2.75) is 19.2 Å². The van der Waals surface area contributed by atoms with Gasteiger partial charge in [-0.2, -0.15) is 0 Å². The molecule has 0 heterocycles. The second-order valence-corrected chi connectivity index (χ2v) is 4.42. The van der Waals surface area contributed by atoms with Crippen LogP contribution in [0.15, 0.2) is 35.4 Å². The Hall–Kier alpha value is -0.930. The molecule has 96 valence electrons. The Morgan fingerprint density at radius 2 is 2.06 bits per heavy atom. The molecule has 0 spiro atoms. The van der Waals surface area contributed by atoms with E-state index >= 15 is 0 Å². The number of hydrogen-bond acceptors (Lipinski definition) is 1. The van der Waals surface area contributed by atoms with Crippen LogP contribution in [0.3, 0.4) is 0 Å². The summed E-state index contributed by atoms with van der Waals surface area (Å²) in [4.78, 5) is 11.2. The topological polar surface area (TPSA) is 41.1 Å². The van der Waals surface area contributed by atoms with E-state index in [-0.39, 0.29) is 11.4 Å². The maximum Gasteiger partial charge on any atom is 0.315 e. The van der Waals surface area contributed by atoms with E-state index in [1.807, 2.05) is 6.92 Å². The summed E-state index contributed by atoms with van der Waals surface area (Å²) in [6.45, 7) is 8.29. The molecule has 0 aromatic heterocycles. The number of nitrogens with one attached hydrogen (secondary N) is 2. The first kappa shape index (κ1) is 16.1. The number of carbonyl (C=O) groups is 1. The Balaban J connectivity index is 4.34. The summed E-state index contributed by atoms with van der Waals surface area (Å²) >= 11 is 11.7. The molecule has 2 amide bonds. The van der Waals surface area contributed by atoms with Crippen LogP contribution in [0, 0.1) is 0 Å². The van der Waals surface area contributed by atoms with Gasteiger partial charge in [-0.1, -0.05) is 30.3 Å². The highest BCUT2D eigenvalue weighted by molar-refractivity contribution is 6.37. The lowest BCUT2D eigenvalue weighted by molar-refractivity contribution is 0.242. The molecular formula is C12H18Cl2N2O. The fourth-order valence-electron chi connectivity index (χ4n) is 0.924. The molecule has 0 radical (unpaired) electrons. The summed E-state index contributed by atoms with van der Waals surface area (Å²) in [5, 5.41) is 5.65. The number of urea groups is 1. The van der Waals surface area contributed by atoms with E-state index in [0.29, 0.717) is 18.1 Å². The van der Waals surface area contributed by atoms with Gasteiger partial charge in [-0.3, -0.25) is 0 Å². The monoisotopic (exact) mass is 276 g/mol. The van der Waals surface area contributed by atoms with Crippen LogP contribution < -0.4 is 10.6 Å². The van der Waals surface area contributed by atoms with Gasteiger partial charge in [0.2, 0.25) is 0 Å². The Morgan fingerprint density at radius 3 is 2.53 bits per heavy atom. The fourth-order valence-corrected chi connectivity index (χ4v) is 1.06. The van der Waals surface area contributed by atoms with Crippen LogP contribution in [0.1, 0.15) is 13.8 Å². The van der Waals surface area contributed by atoms with Gasteiger partial charge in [0.15, 0.2) is 0 Å². The highest BCUT2D eigenvalue weighted by atomic mass is 35.5. The smallest absolute Gasteiger partial charge is 0.315 e. The molecule has 1 atom stereocenters. The Kier molecular flexibility index (Phi) is 8.64. The standard InChI is InChI=1S/C12H18Cl2N2O/c1-4-10(6-7-11(14)9(3)13)8-16-12(17)15-5-2/h4,6-7,9H,1,5,8H2,2-3H3,(H2,15,16,17)/b10-6+,11-7+. The molecule has 0 aliphatic rings. The third-order valence-corrected chi connectivity index (χ3v) is 2.69. The molecule has 0 fully saturated rings. The maximum atomic E-state index is 11.2.